The van der Waals surface area contributed by atoms with Gasteiger partial charge in [0.1, 0.15) is 6.54 Å². The monoisotopic (exact) mass is 447 g/mol. The van der Waals surface area contributed by atoms with Crippen molar-refractivity contribution in [2.75, 3.05) is 38.0 Å². The molecule has 0 radical (unpaired) electrons. The second kappa shape index (κ2) is 9.54. The first-order chi connectivity index (χ1) is 15.8. The number of anilines is 1. The average molecular weight is 448 g/mol. The standard InChI is InChI=1S/C25H29N5O3/c1-17-7-6-10-22(18(17)2)26-23(31)15-28-11-13-29(14-12-28)24(32)16-30-25(33)21-9-5-4-8-20(21)19(3)27-30/h4-10H,11-16H2,1-3H3,(H,26,31). The van der Waals surface area contributed by atoms with Crippen LogP contribution >= 0.6 is 0 Å². The maximum absolute atomic E-state index is 12.8. The summed E-state index contributed by atoms with van der Waals surface area (Å²) in [5.41, 5.74) is 3.49. The molecule has 1 aliphatic heterocycles. The predicted molar refractivity (Wildman–Crippen MR) is 128 cm³/mol. The van der Waals surface area contributed by atoms with Gasteiger partial charge in [0.25, 0.3) is 5.56 Å². The number of carbonyl (C=O) groups is 2. The third kappa shape index (κ3) is 4.96. The van der Waals surface area contributed by atoms with Crippen molar-refractivity contribution in [3.63, 3.8) is 0 Å². The summed E-state index contributed by atoms with van der Waals surface area (Å²) in [5.74, 6) is -0.204. The number of carbonyl (C=O) groups excluding carboxylic acids is 2. The lowest BCUT2D eigenvalue weighted by atomic mass is 10.1. The number of amides is 2. The molecule has 1 aliphatic rings. The van der Waals surface area contributed by atoms with Gasteiger partial charge < -0.3 is 10.2 Å². The minimum atomic E-state index is -0.258. The van der Waals surface area contributed by atoms with Gasteiger partial charge >= 0.3 is 0 Å². The highest BCUT2D eigenvalue weighted by Gasteiger charge is 2.23. The van der Waals surface area contributed by atoms with E-state index in [1.54, 1.807) is 11.0 Å². The molecule has 1 fully saturated rings. The van der Waals surface area contributed by atoms with Gasteiger partial charge in [0, 0.05) is 37.3 Å². The van der Waals surface area contributed by atoms with Crippen molar-refractivity contribution in [3.8, 4) is 0 Å². The van der Waals surface area contributed by atoms with Gasteiger partial charge in [-0.2, -0.15) is 5.10 Å². The second-order valence-corrected chi connectivity index (χ2v) is 8.55. The molecule has 33 heavy (non-hydrogen) atoms. The molecule has 1 N–H and O–H groups in total. The van der Waals surface area contributed by atoms with Gasteiger partial charge in [-0.3, -0.25) is 19.3 Å². The van der Waals surface area contributed by atoms with Crippen LogP contribution in [0.4, 0.5) is 5.69 Å². The SMILES string of the molecule is Cc1cccc(NC(=O)CN2CCN(C(=O)Cn3nc(C)c4ccccc4c3=O)CC2)c1C. The fourth-order valence-corrected chi connectivity index (χ4v) is 4.17. The zero-order valence-corrected chi connectivity index (χ0v) is 19.3. The number of hydrogen-bond acceptors (Lipinski definition) is 5. The Labute approximate surface area is 192 Å². The summed E-state index contributed by atoms with van der Waals surface area (Å²) in [7, 11) is 0. The van der Waals surface area contributed by atoms with Crippen LogP contribution < -0.4 is 10.9 Å². The maximum Gasteiger partial charge on any atom is 0.275 e. The Bertz CT molecular complexity index is 1260. The van der Waals surface area contributed by atoms with Crippen molar-refractivity contribution in [3.05, 3.63) is 69.6 Å². The molecule has 0 bridgehead atoms. The molecule has 2 aromatic carbocycles. The van der Waals surface area contributed by atoms with Gasteiger partial charge in [0.15, 0.2) is 0 Å². The van der Waals surface area contributed by atoms with Crippen molar-refractivity contribution >= 4 is 28.3 Å². The molecule has 0 unspecified atom stereocenters. The first kappa shape index (κ1) is 22.7. The number of rotatable bonds is 5. The number of fused-ring (bicyclic) bond motifs is 1. The van der Waals surface area contributed by atoms with Crippen LogP contribution in [-0.2, 0) is 16.1 Å². The van der Waals surface area contributed by atoms with Crippen LogP contribution in [0.25, 0.3) is 10.8 Å². The summed E-state index contributed by atoms with van der Waals surface area (Å²) >= 11 is 0. The van der Waals surface area contributed by atoms with E-state index in [0.717, 1.165) is 27.9 Å². The first-order valence-corrected chi connectivity index (χ1v) is 11.2. The van der Waals surface area contributed by atoms with E-state index >= 15 is 0 Å². The van der Waals surface area contributed by atoms with Crippen LogP contribution in [0.1, 0.15) is 16.8 Å². The van der Waals surface area contributed by atoms with E-state index in [0.29, 0.717) is 31.6 Å². The van der Waals surface area contributed by atoms with Gasteiger partial charge in [-0.05, 0) is 44.0 Å². The molecule has 2 amide bonds. The molecule has 4 rings (SSSR count). The van der Waals surface area contributed by atoms with Crippen molar-refractivity contribution < 1.29 is 9.59 Å². The summed E-state index contributed by atoms with van der Waals surface area (Å²) < 4.78 is 1.25. The van der Waals surface area contributed by atoms with Crippen molar-refractivity contribution in [2.45, 2.75) is 27.3 Å². The van der Waals surface area contributed by atoms with Crippen LogP contribution in [0.2, 0.25) is 0 Å². The van der Waals surface area contributed by atoms with E-state index < -0.39 is 0 Å². The van der Waals surface area contributed by atoms with Crippen LogP contribution in [-0.4, -0.2) is 64.1 Å². The van der Waals surface area contributed by atoms with Crippen molar-refractivity contribution in [2.24, 2.45) is 0 Å². The number of nitrogens with zero attached hydrogens (tertiary/aromatic N) is 4. The Hall–Kier alpha value is -3.52. The van der Waals surface area contributed by atoms with Crippen LogP contribution in [0.5, 0.6) is 0 Å². The molecule has 3 aromatic rings. The van der Waals surface area contributed by atoms with Gasteiger partial charge in [0.2, 0.25) is 11.8 Å². The fraction of sp³-hybridized carbons (Fsp3) is 0.360. The Morgan fingerprint density at radius 2 is 1.61 bits per heavy atom. The molecule has 0 spiro atoms. The molecule has 8 nitrogen and oxygen atoms in total. The number of aromatic nitrogens is 2. The second-order valence-electron chi connectivity index (χ2n) is 8.55. The molecule has 1 saturated heterocycles. The molecule has 172 valence electrons. The van der Waals surface area contributed by atoms with Gasteiger partial charge in [-0.25, -0.2) is 4.68 Å². The Morgan fingerprint density at radius 3 is 2.33 bits per heavy atom. The van der Waals surface area contributed by atoms with Crippen LogP contribution in [0, 0.1) is 20.8 Å². The topological polar surface area (TPSA) is 87.5 Å². The third-order valence-corrected chi connectivity index (χ3v) is 6.31. The number of benzene rings is 2. The Kier molecular flexibility index (Phi) is 6.55. The Morgan fingerprint density at radius 1 is 0.909 bits per heavy atom. The minimum Gasteiger partial charge on any atom is -0.339 e. The van der Waals surface area contributed by atoms with Gasteiger partial charge in [-0.1, -0.05) is 30.3 Å². The lowest BCUT2D eigenvalue weighted by Gasteiger charge is -2.34. The quantitative estimate of drug-likeness (QED) is 0.647. The zero-order chi connectivity index (χ0) is 23.5. The average Bonchev–Trinajstić information content (AvgIpc) is 2.81. The highest BCUT2D eigenvalue weighted by atomic mass is 16.2. The summed E-state index contributed by atoms with van der Waals surface area (Å²) in [6.45, 7) is 8.27. The van der Waals surface area contributed by atoms with E-state index in [1.807, 2.05) is 62.1 Å². The number of aryl methyl sites for hydroxylation is 2. The van der Waals surface area contributed by atoms with Crippen LogP contribution in [0.15, 0.2) is 47.3 Å². The normalized spacial score (nSPS) is 14.5. The van der Waals surface area contributed by atoms with Gasteiger partial charge in [-0.15, -0.1) is 0 Å². The predicted octanol–water partition coefficient (Wildman–Crippen LogP) is 2.10. The van der Waals surface area contributed by atoms with E-state index in [9.17, 15) is 14.4 Å². The fourth-order valence-electron chi connectivity index (χ4n) is 4.17. The highest BCUT2D eigenvalue weighted by Crippen LogP contribution is 2.18. The Balaban J connectivity index is 1.33. The largest absolute Gasteiger partial charge is 0.339 e. The number of nitrogens with one attached hydrogen (secondary N) is 1. The summed E-state index contributed by atoms with van der Waals surface area (Å²) in [6.07, 6.45) is 0. The summed E-state index contributed by atoms with van der Waals surface area (Å²) in [6, 6.07) is 13.2. The minimum absolute atomic E-state index is 0.0640. The smallest absolute Gasteiger partial charge is 0.275 e. The lowest BCUT2D eigenvalue weighted by Crippen LogP contribution is -2.51. The number of piperazine rings is 1. The lowest BCUT2D eigenvalue weighted by molar-refractivity contribution is -0.134. The molecule has 1 aromatic heterocycles. The van der Waals surface area contributed by atoms with E-state index in [-0.39, 0.29) is 30.5 Å². The zero-order valence-electron chi connectivity index (χ0n) is 19.3. The van der Waals surface area contributed by atoms with E-state index in [1.165, 1.54) is 4.68 Å². The molecule has 0 atom stereocenters. The van der Waals surface area contributed by atoms with E-state index in [4.69, 9.17) is 0 Å². The molecule has 0 aliphatic carbocycles. The molecular weight excluding hydrogens is 418 g/mol. The molecule has 8 heteroatoms. The van der Waals surface area contributed by atoms with Crippen molar-refractivity contribution in [1.82, 2.24) is 19.6 Å². The molecule has 2 heterocycles. The summed E-state index contributed by atoms with van der Waals surface area (Å²) in [5, 5.41) is 8.69. The third-order valence-electron chi connectivity index (χ3n) is 6.31. The van der Waals surface area contributed by atoms with Crippen molar-refractivity contribution in [1.29, 1.82) is 0 Å². The number of hydrogen-bond donors (Lipinski definition) is 1. The van der Waals surface area contributed by atoms with Gasteiger partial charge in [0.05, 0.1) is 17.6 Å². The summed E-state index contributed by atoms with van der Waals surface area (Å²) in [4.78, 5) is 41.8. The molecule has 0 saturated carbocycles. The first-order valence-electron chi connectivity index (χ1n) is 11.2. The molecular formula is C25H29N5O3. The maximum atomic E-state index is 12.8. The van der Waals surface area contributed by atoms with Crippen LogP contribution in [0.3, 0.4) is 0 Å². The van der Waals surface area contributed by atoms with E-state index in [2.05, 4.69) is 10.4 Å². The highest BCUT2D eigenvalue weighted by molar-refractivity contribution is 5.93.